The lowest BCUT2D eigenvalue weighted by Gasteiger charge is -2.14. The van der Waals surface area contributed by atoms with Crippen LogP contribution in [0.3, 0.4) is 0 Å². The van der Waals surface area contributed by atoms with Gasteiger partial charge in [-0.15, -0.1) is 0 Å². The third-order valence-electron chi connectivity index (χ3n) is 7.03. The summed E-state index contributed by atoms with van der Waals surface area (Å²) in [6.07, 6.45) is 6.87. The van der Waals surface area contributed by atoms with Crippen LogP contribution in [0, 0.1) is 0 Å². The van der Waals surface area contributed by atoms with Crippen molar-refractivity contribution in [3.63, 3.8) is 0 Å². The monoisotopic (exact) mass is 488 g/mol. The molecule has 0 radical (unpaired) electrons. The van der Waals surface area contributed by atoms with Gasteiger partial charge in [0.25, 0.3) is 0 Å². The van der Waals surface area contributed by atoms with Crippen molar-refractivity contribution in [2.24, 2.45) is 0 Å². The zero-order valence-corrected chi connectivity index (χ0v) is 20.9. The minimum absolute atomic E-state index is 0.324. The highest BCUT2D eigenvalue weighted by atomic mass is 16.5. The number of hydrogen-bond donors (Lipinski definition) is 1. The number of fused-ring (bicyclic) bond motifs is 2. The van der Waals surface area contributed by atoms with Crippen LogP contribution in [-0.4, -0.2) is 19.7 Å². The van der Waals surface area contributed by atoms with Crippen LogP contribution in [0.15, 0.2) is 88.3 Å². The lowest BCUT2D eigenvalue weighted by molar-refractivity contribution is 0.385. The number of aryl methyl sites for hydroxylation is 1. The first kappa shape index (κ1) is 23.0. The van der Waals surface area contributed by atoms with Crippen molar-refractivity contribution < 1.29 is 4.52 Å². The Morgan fingerprint density at radius 3 is 2.65 bits per heavy atom. The Morgan fingerprint density at radius 1 is 1.05 bits per heavy atom. The van der Waals surface area contributed by atoms with Crippen LogP contribution in [0.4, 0.5) is 0 Å². The minimum Gasteiger partial charge on any atom is -0.303 e. The summed E-state index contributed by atoms with van der Waals surface area (Å²) >= 11 is 0. The molecule has 0 fully saturated rings. The summed E-state index contributed by atoms with van der Waals surface area (Å²) in [5.41, 5.74) is 9.02. The van der Waals surface area contributed by atoms with E-state index >= 15 is 0 Å². The minimum atomic E-state index is -0.560. The summed E-state index contributed by atoms with van der Waals surface area (Å²) in [5, 5.41) is 3.90. The predicted molar refractivity (Wildman–Crippen MR) is 146 cm³/mol. The van der Waals surface area contributed by atoms with Crippen LogP contribution in [0.2, 0.25) is 0 Å². The van der Waals surface area contributed by atoms with Crippen molar-refractivity contribution in [1.82, 2.24) is 19.7 Å². The molecule has 1 aliphatic carbocycles. The SMILES string of the molecule is CCCc1nc(-c2ccccc2)cn1-c1ccc2c(c1)CC(C)c1ccccc1/C2=C/c1noc(=O)[nH]1. The number of aromatic nitrogens is 4. The Labute approximate surface area is 215 Å². The van der Waals surface area contributed by atoms with Gasteiger partial charge in [-0.1, -0.05) is 79.7 Å². The molecule has 5 aromatic rings. The van der Waals surface area contributed by atoms with Crippen LogP contribution >= 0.6 is 0 Å². The van der Waals surface area contributed by atoms with Gasteiger partial charge < -0.3 is 4.57 Å². The largest absolute Gasteiger partial charge is 0.439 e. The maximum Gasteiger partial charge on any atom is 0.439 e. The molecule has 0 aliphatic heterocycles. The molecular weight excluding hydrogens is 460 g/mol. The average Bonchev–Trinajstić information content (AvgIpc) is 3.51. The molecule has 1 unspecified atom stereocenters. The van der Waals surface area contributed by atoms with E-state index in [9.17, 15) is 4.79 Å². The van der Waals surface area contributed by atoms with Crippen LogP contribution in [-0.2, 0) is 12.8 Å². The van der Waals surface area contributed by atoms with Crippen molar-refractivity contribution in [1.29, 1.82) is 0 Å². The second kappa shape index (κ2) is 9.54. The Hall–Kier alpha value is -4.45. The number of hydrogen-bond acceptors (Lipinski definition) is 4. The van der Waals surface area contributed by atoms with Crippen LogP contribution in [0.5, 0.6) is 0 Å². The van der Waals surface area contributed by atoms with E-state index in [1.165, 1.54) is 11.1 Å². The molecule has 37 heavy (non-hydrogen) atoms. The molecule has 3 aromatic carbocycles. The number of rotatable bonds is 5. The van der Waals surface area contributed by atoms with Crippen molar-refractivity contribution >= 4 is 11.6 Å². The number of H-pyrrole nitrogens is 1. The number of nitrogens with one attached hydrogen (secondary N) is 1. The summed E-state index contributed by atoms with van der Waals surface area (Å²) in [7, 11) is 0. The summed E-state index contributed by atoms with van der Waals surface area (Å²) in [5.74, 6) is 1.23. The van der Waals surface area contributed by atoms with Gasteiger partial charge in [0.15, 0.2) is 5.82 Å². The van der Waals surface area contributed by atoms with E-state index in [1.807, 2.05) is 24.3 Å². The van der Waals surface area contributed by atoms with Gasteiger partial charge >= 0.3 is 5.76 Å². The van der Waals surface area contributed by atoms with E-state index in [0.29, 0.717) is 11.7 Å². The third-order valence-corrected chi connectivity index (χ3v) is 7.03. The molecule has 2 heterocycles. The fourth-order valence-electron chi connectivity index (χ4n) is 5.30. The maximum absolute atomic E-state index is 11.6. The van der Waals surface area contributed by atoms with Gasteiger partial charge in [0.05, 0.1) is 5.69 Å². The number of nitrogens with zero attached hydrogens (tertiary/aromatic N) is 3. The predicted octanol–water partition coefficient (Wildman–Crippen LogP) is 6.42. The molecule has 0 bridgehead atoms. The summed E-state index contributed by atoms with van der Waals surface area (Å²) in [6, 6.07) is 25.4. The molecule has 184 valence electrons. The highest BCUT2D eigenvalue weighted by Gasteiger charge is 2.24. The van der Waals surface area contributed by atoms with E-state index in [4.69, 9.17) is 9.51 Å². The Kier molecular flexibility index (Phi) is 5.93. The second-order valence-electron chi connectivity index (χ2n) is 9.60. The first-order valence-electron chi connectivity index (χ1n) is 12.7. The van der Waals surface area contributed by atoms with Gasteiger partial charge in [-0.25, -0.2) is 9.78 Å². The van der Waals surface area contributed by atoms with Gasteiger partial charge in [0, 0.05) is 23.9 Å². The lowest BCUT2D eigenvalue weighted by Crippen LogP contribution is -2.03. The molecule has 6 nitrogen and oxygen atoms in total. The van der Waals surface area contributed by atoms with E-state index in [1.54, 1.807) is 0 Å². The van der Waals surface area contributed by atoms with Crippen molar-refractivity contribution in [2.45, 2.75) is 39.0 Å². The first-order chi connectivity index (χ1) is 18.1. The zero-order valence-electron chi connectivity index (χ0n) is 20.9. The highest BCUT2D eigenvalue weighted by molar-refractivity contribution is 5.93. The molecular formula is C31H28N4O2. The summed E-state index contributed by atoms with van der Waals surface area (Å²) in [6.45, 7) is 4.45. The fraction of sp³-hybridized carbons (Fsp3) is 0.194. The zero-order chi connectivity index (χ0) is 25.4. The molecule has 6 rings (SSSR count). The molecule has 1 atom stereocenters. The van der Waals surface area contributed by atoms with E-state index in [2.05, 4.69) is 89.3 Å². The summed E-state index contributed by atoms with van der Waals surface area (Å²) in [4.78, 5) is 19.3. The molecule has 0 saturated heterocycles. The van der Waals surface area contributed by atoms with Crippen LogP contribution in [0.25, 0.3) is 28.6 Å². The lowest BCUT2D eigenvalue weighted by atomic mass is 9.91. The van der Waals surface area contributed by atoms with E-state index in [0.717, 1.165) is 58.7 Å². The van der Waals surface area contributed by atoms with Gasteiger partial charge in [0.2, 0.25) is 0 Å². The summed E-state index contributed by atoms with van der Waals surface area (Å²) < 4.78 is 7.00. The van der Waals surface area contributed by atoms with Gasteiger partial charge in [0.1, 0.15) is 5.82 Å². The molecule has 6 heteroatoms. The topological polar surface area (TPSA) is 76.7 Å². The first-order valence-corrected chi connectivity index (χ1v) is 12.7. The van der Waals surface area contributed by atoms with Gasteiger partial charge in [-0.3, -0.25) is 9.51 Å². The number of benzene rings is 3. The van der Waals surface area contributed by atoms with Crippen LogP contribution in [0.1, 0.15) is 60.1 Å². The second-order valence-corrected chi connectivity index (χ2v) is 9.60. The maximum atomic E-state index is 11.6. The standard InChI is InChI=1S/C31H28N4O2/c1-3-9-30-32-28(21-10-5-4-6-11-21)19-35(30)23-14-15-25-22(17-23)16-20(2)24-12-7-8-13-26(24)27(25)18-29-33-31(36)37-34-29/h4-8,10-15,17-20H,3,9,16H2,1-2H3,(H,33,34,36)/b27-18+. The Morgan fingerprint density at radius 2 is 1.86 bits per heavy atom. The quantitative estimate of drug-likeness (QED) is 0.310. The van der Waals surface area contributed by atoms with Gasteiger partial charge in [-0.2, -0.15) is 0 Å². The third kappa shape index (κ3) is 4.35. The molecule has 1 aliphatic rings. The van der Waals surface area contributed by atoms with Crippen molar-refractivity contribution in [2.75, 3.05) is 0 Å². The van der Waals surface area contributed by atoms with E-state index < -0.39 is 5.76 Å². The molecule has 1 N–H and O–H groups in total. The number of aromatic amines is 1. The highest BCUT2D eigenvalue weighted by Crippen LogP contribution is 2.40. The van der Waals surface area contributed by atoms with Crippen molar-refractivity contribution in [3.05, 3.63) is 123 Å². The molecule has 0 amide bonds. The normalized spacial score (nSPS) is 15.8. The van der Waals surface area contributed by atoms with E-state index in [-0.39, 0.29) is 0 Å². The van der Waals surface area contributed by atoms with Gasteiger partial charge in [-0.05, 0) is 64.8 Å². The Bertz CT molecular complexity index is 1660. The molecule has 0 spiro atoms. The average molecular weight is 489 g/mol. The molecule has 0 saturated carbocycles. The van der Waals surface area contributed by atoms with Crippen LogP contribution < -0.4 is 5.76 Å². The van der Waals surface area contributed by atoms with Crippen molar-refractivity contribution in [3.8, 4) is 16.9 Å². The smallest absolute Gasteiger partial charge is 0.303 e. The molecule has 2 aromatic heterocycles. The fourth-order valence-corrected chi connectivity index (χ4v) is 5.30. The Balaban J connectivity index is 1.50. The number of imidazole rings is 1.